The SMILES string of the molecule is Cc1ccc(C(C)NC(=O)N2CCCC(O)C2)o1. The number of likely N-dealkylation sites (tertiary alicyclic amines) is 1. The number of aliphatic hydroxyl groups is 1. The van der Waals surface area contributed by atoms with Gasteiger partial charge in [-0.15, -0.1) is 0 Å². The quantitative estimate of drug-likeness (QED) is 0.843. The van der Waals surface area contributed by atoms with Gasteiger partial charge < -0.3 is 19.7 Å². The van der Waals surface area contributed by atoms with E-state index in [0.717, 1.165) is 24.4 Å². The van der Waals surface area contributed by atoms with E-state index < -0.39 is 6.10 Å². The third kappa shape index (κ3) is 3.04. The maximum atomic E-state index is 12.0. The lowest BCUT2D eigenvalue weighted by molar-refractivity contribution is 0.0832. The van der Waals surface area contributed by atoms with Crippen LogP contribution in [0.5, 0.6) is 0 Å². The second-order valence-corrected chi connectivity index (χ2v) is 4.86. The number of carbonyl (C=O) groups excluding carboxylic acids is 1. The highest BCUT2D eigenvalue weighted by Gasteiger charge is 2.23. The van der Waals surface area contributed by atoms with Crippen molar-refractivity contribution in [3.8, 4) is 0 Å². The number of aliphatic hydroxyl groups excluding tert-OH is 1. The van der Waals surface area contributed by atoms with Crippen LogP contribution in [0, 0.1) is 6.92 Å². The first-order chi connectivity index (χ1) is 8.56. The first kappa shape index (κ1) is 13.0. The molecule has 2 N–H and O–H groups in total. The van der Waals surface area contributed by atoms with Gasteiger partial charge in [0.2, 0.25) is 0 Å². The molecule has 0 spiro atoms. The van der Waals surface area contributed by atoms with Crippen molar-refractivity contribution < 1.29 is 14.3 Å². The van der Waals surface area contributed by atoms with Crippen molar-refractivity contribution >= 4 is 6.03 Å². The number of rotatable bonds is 2. The van der Waals surface area contributed by atoms with E-state index in [-0.39, 0.29) is 12.1 Å². The Morgan fingerprint density at radius 3 is 3.00 bits per heavy atom. The molecule has 1 aliphatic rings. The Balaban J connectivity index is 1.90. The number of amides is 2. The highest BCUT2D eigenvalue weighted by Crippen LogP contribution is 2.17. The number of nitrogens with one attached hydrogen (secondary N) is 1. The first-order valence-electron chi connectivity index (χ1n) is 6.36. The molecule has 2 heterocycles. The monoisotopic (exact) mass is 252 g/mol. The molecular formula is C13H20N2O3. The molecule has 2 rings (SSSR count). The molecular weight excluding hydrogens is 232 g/mol. The van der Waals surface area contributed by atoms with Crippen LogP contribution in [0.1, 0.15) is 37.3 Å². The minimum atomic E-state index is -0.398. The van der Waals surface area contributed by atoms with E-state index in [1.54, 1.807) is 4.90 Å². The second-order valence-electron chi connectivity index (χ2n) is 4.86. The van der Waals surface area contributed by atoms with Crippen LogP contribution < -0.4 is 5.32 Å². The number of nitrogens with zero attached hydrogens (tertiary/aromatic N) is 1. The molecule has 0 saturated carbocycles. The van der Waals surface area contributed by atoms with E-state index in [0.29, 0.717) is 13.1 Å². The molecule has 5 heteroatoms. The normalized spacial score (nSPS) is 21.7. The summed E-state index contributed by atoms with van der Waals surface area (Å²) in [5.74, 6) is 1.58. The average Bonchev–Trinajstić information content (AvgIpc) is 2.76. The summed E-state index contributed by atoms with van der Waals surface area (Å²) in [6.45, 7) is 4.87. The predicted molar refractivity (Wildman–Crippen MR) is 67.2 cm³/mol. The fraction of sp³-hybridized carbons (Fsp3) is 0.615. The molecule has 0 bridgehead atoms. The Morgan fingerprint density at radius 2 is 2.39 bits per heavy atom. The van der Waals surface area contributed by atoms with Crippen LogP contribution >= 0.6 is 0 Å². The summed E-state index contributed by atoms with van der Waals surface area (Å²) < 4.78 is 5.47. The third-order valence-electron chi connectivity index (χ3n) is 3.21. The molecule has 1 aromatic heterocycles. The molecule has 18 heavy (non-hydrogen) atoms. The topological polar surface area (TPSA) is 65.7 Å². The summed E-state index contributed by atoms with van der Waals surface area (Å²) in [6.07, 6.45) is 1.23. The molecule has 2 amide bonds. The molecule has 100 valence electrons. The second kappa shape index (κ2) is 5.44. The average molecular weight is 252 g/mol. The zero-order valence-electron chi connectivity index (χ0n) is 10.8. The minimum absolute atomic E-state index is 0.143. The zero-order valence-corrected chi connectivity index (χ0v) is 10.8. The van der Waals surface area contributed by atoms with Gasteiger partial charge in [0.15, 0.2) is 0 Å². The van der Waals surface area contributed by atoms with Gasteiger partial charge in [-0.25, -0.2) is 4.79 Å². The molecule has 1 aliphatic heterocycles. The molecule has 0 aliphatic carbocycles. The van der Waals surface area contributed by atoms with Crippen LogP contribution in [0.15, 0.2) is 16.5 Å². The number of urea groups is 1. The van der Waals surface area contributed by atoms with Gasteiger partial charge in [0.05, 0.1) is 12.1 Å². The lowest BCUT2D eigenvalue weighted by atomic mass is 10.1. The minimum Gasteiger partial charge on any atom is -0.464 e. The Hall–Kier alpha value is -1.49. The molecule has 0 radical (unpaired) electrons. The first-order valence-corrected chi connectivity index (χ1v) is 6.36. The van der Waals surface area contributed by atoms with Crippen molar-refractivity contribution in [2.75, 3.05) is 13.1 Å². The van der Waals surface area contributed by atoms with Crippen LogP contribution in [0.3, 0.4) is 0 Å². The van der Waals surface area contributed by atoms with E-state index >= 15 is 0 Å². The molecule has 1 saturated heterocycles. The molecule has 0 aromatic carbocycles. The Kier molecular flexibility index (Phi) is 3.91. The highest BCUT2D eigenvalue weighted by atomic mass is 16.3. The van der Waals surface area contributed by atoms with Gasteiger partial charge in [-0.05, 0) is 38.8 Å². The standard InChI is InChI=1S/C13H20N2O3/c1-9-5-6-12(18-9)10(2)14-13(17)15-7-3-4-11(16)8-15/h5-6,10-11,16H,3-4,7-8H2,1-2H3,(H,14,17). The Bertz CT molecular complexity index is 416. The van der Waals surface area contributed by atoms with Crippen molar-refractivity contribution in [2.45, 2.75) is 38.8 Å². The van der Waals surface area contributed by atoms with Gasteiger partial charge in [-0.3, -0.25) is 0 Å². The Labute approximate surface area is 107 Å². The van der Waals surface area contributed by atoms with Crippen molar-refractivity contribution in [1.29, 1.82) is 0 Å². The molecule has 2 atom stereocenters. The van der Waals surface area contributed by atoms with Gasteiger partial charge in [-0.1, -0.05) is 0 Å². The number of β-amino-alcohol motifs (C(OH)–C–C–N with tert-alkyl or cyclic N) is 1. The summed E-state index contributed by atoms with van der Waals surface area (Å²) >= 11 is 0. The van der Waals surface area contributed by atoms with E-state index in [2.05, 4.69) is 5.32 Å². The van der Waals surface area contributed by atoms with Gasteiger partial charge >= 0.3 is 6.03 Å². The number of hydrogen-bond donors (Lipinski definition) is 2. The van der Waals surface area contributed by atoms with Crippen molar-refractivity contribution in [2.24, 2.45) is 0 Å². The van der Waals surface area contributed by atoms with Crippen LogP contribution in [-0.4, -0.2) is 35.2 Å². The maximum Gasteiger partial charge on any atom is 0.318 e. The number of aryl methyl sites for hydroxylation is 1. The Morgan fingerprint density at radius 1 is 1.61 bits per heavy atom. The summed E-state index contributed by atoms with van der Waals surface area (Å²) in [4.78, 5) is 13.6. The van der Waals surface area contributed by atoms with Crippen LogP contribution in [0.25, 0.3) is 0 Å². The fourth-order valence-electron chi connectivity index (χ4n) is 2.17. The maximum absolute atomic E-state index is 12.0. The third-order valence-corrected chi connectivity index (χ3v) is 3.21. The van der Waals surface area contributed by atoms with Crippen molar-refractivity contribution in [3.05, 3.63) is 23.7 Å². The lowest BCUT2D eigenvalue weighted by Crippen LogP contribution is -2.47. The molecule has 5 nitrogen and oxygen atoms in total. The highest BCUT2D eigenvalue weighted by molar-refractivity contribution is 5.74. The number of carbonyl (C=O) groups is 1. The van der Waals surface area contributed by atoms with E-state index in [9.17, 15) is 9.90 Å². The van der Waals surface area contributed by atoms with E-state index in [4.69, 9.17) is 4.42 Å². The summed E-state index contributed by atoms with van der Waals surface area (Å²) in [7, 11) is 0. The lowest BCUT2D eigenvalue weighted by Gasteiger charge is -2.30. The smallest absolute Gasteiger partial charge is 0.318 e. The van der Waals surface area contributed by atoms with Crippen LogP contribution in [0.2, 0.25) is 0 Å². The fourth-order valence-corrected chi connectivity index (χ4v) is 2.17. The van der Waals surface area contributed by atoms with Crippen LogP contribution in [0.4, 0.5) is 4.79 Å². The number of hydrogen-bond acceptors (Lipinski definition) is 3. The van der Waals surface area contributed by atoms with Gasteiger partial charge in [-0.2, -0.15) is 0 Å². The number of furan rings is 1. The molecule has 1 fully saturated rings. The molecule has 1 aromatic rings. The summed E-state index contributed by atoms with van der Waals surface area (Å²) in [6, 6.07) is 3.44. The van der Waals surface area contributed by atoms with Gasteiger partial charge in [0, 0.05) is 13.1 Å². The van der Waals surface area contributed by atoms with Gasteiger partial charge in [0.25, 0.3) is 0 Å². The van der Waals surface area contributed by atoms with Crippen molar-refractivity contribution in [1.82, 2.24) is 10.2 Å². The summed E-state index contributed by atoms with van der Waals surface area (Å²) in [5.41, 5.74) is 0. The van der Waals surface area contributed by atoms with Crippen LogP contribution in [-0.2, 0) is 0 Å². The van der Waals surface area contributed by atoms with Gasteiger partial charge in [0.1, 0.15) is 11.5 Å². The predicted octanol–water partition coefficient (Wildman–Crippen LogP) is 1.82. The van der Waals surface area contributed by atoms with E-state index in [1.807, 2.05) is 26.0 Å². The van der Waals surface area contributed by atoms with Crippen molar-refractivity contribution in [3.63, 3.8) is 0 Å². The zero-order chi connectivity index (χ0) is 13.1. The van der Waals surface area contributed by atoms with E-state index in [1.165, 1.54) is 0 Å². The largest absolute Gasteiger partial charge is 0.464 e. The summed E-state index contributed by atoms with van der Waals surface area (Å²) in [5, 5.41) is 12.4. The molecule has 2 unspecified atom stereocenters. The number of piperidine rings is 1.